The van der Waals surface area contributed by atoms with Gasteiger partial charge < -0.3 is 4.43 Å². The first-order valence-electron chi connectivity index (χ1n) is 7.68. The van der Waals surface area contributed by atoms with Gasteiger partial charge in [-0.05, 0) is 67.6 Å². The first-order valence-corrected chi connectivity index (χ1v) is 11.1. The molecule has 0 bridgehead atoms. The third-order valence-electron chi connectivity index (χ3n) is 5.50. The second kappa shape index (κ2) is 4.61. The van der Waals surface area contributed by atoms with Crippen molar-refractivity contribution in [3.8, 4) is 0 Å². The van der Waals surface area contributed by atoms with Crippen molar-refractivity contribution in [3.05, 3.63) is 17.9 Å². The molecule has 0 aromatic rings. The Morgan fingerprint density at radius 2 is 1.84 bits per heavy atom. The third-order valence-corrected chi connectivity index (χ3v) is 6.50. The first kappa shape index (κ1) is 15.1. The summed E-state index contributed by atoms with van der Waals surface area (Å²) < 4.78 is 6.51. The van der Waals surface area contributed by atoms with E-state index in [0.29, 0.717) is 11.5 Å². The molecule has 2 rings (SSSR count). The molecule has 0 aromatic carbocycles. The van der Waals surface area contributed by atoms with Crippen molar-refractivity contribution >= 4 is 8.32 Å². The van der Waals surface area contributed by atoms with E-state index in [1.54, 1.807) is 0 Å². The van der Waals surface area contributed by atoms with Crippen molar-refractivity contribution < 1.29 is 4.43 Å². The molecule has 0 N–H and O–H groups in total. The molecular formula is C17H30OSi. The summed E-state index contributed by atoms with van der Waals surface area (Å²) in [5.41, 5.74) is 5.30. The first-order chi connectivity index (χ1) is 8.61. The van der Waals surface area contributed by atoms with Gasteiger partial charge in [-0.1, -0.05) is 27.4 Å². The van der Waals surface area contributed by atoms with E-state index in [1.807, 2.05) is 0 Å². The topological polar surface area (TPSA) is 9.23 Å². The highest BCUT2D eigenvalue weighted by Gasteiger charge is 2.56. The van der Waals surface area contributed by atoms with Gasteiger partial charge in [-0.15, -0.1) is 5.73 Å². The Morgan fingerprint density at radius 1 is 1.21 bits per heavy atom. The number of hydrogen-bond donors (Lipinski definition) is 0. The highest BCUT2D eigenvalue weighted by Crippen LogP contribution is 2.62. The van der Waals surface area contributed by atoms with E-state index in [9.17, 15) is 0 Å². The molecule has 2 heteroatoms. The summed E-state index contributed by atoms with van der Waals surface area (Å²) in [5.74, 6) is 0.722. The molecule has 0 unspecified atom stereocenters. The molecule has 19 heavy (non-hydrogen) atoms. The Bertz CT molecular complexity index is 411. The Labute approximate surface area is 120 Å². The van der Waals surface area contributed by atoms with Crippen LogP contribution in [0.2, 0.25) is 19.6 Å². The minimum Gasteiger partial charge on any atom is -0.414 e. The largest absolute Gasteiger partial charge is 0.414 e. The number of allylic oxidation sites excluding steroid dienone is 1. The van der Waals surface area contributed by atoms with Crippen molar-refractivity contribution in [1.29, 1.82) is 0 Å². The van der Waals surface area contributed by atoms with Crippen LogP contribution in [0.4, 0.5) is 0 Å². The molecule has 2 saturated carbocycles. The molecule has 0 spiro atoms. The van der Waals surface area contributed by atoms with Gasteiger partial charge in [0.2, 0.25) is 0 Å². The van der Waals surface area contributed by atoms with Crippen LogP contribution in [-0.4, -0.2) is 14.4 Å². The van der Waals surface area contributed by atoms with Crippen LogP contribution >= 0.6 is 0 Å². The highest BCUT2D eigenvalue weighted by atomic mass is 28.4. The fourth-order valence-corrected chi connectivity index (χ4v) is 5.85. The maximum Gasteiger partial charge on any atom is 0.184 e. The smallest absolute Gasteiger partial charge is 0.184 e. The highest BCUT2D eigenvalue weighted by molar-refractivity contribution is 6.69. The number of hydrogen-bond acceptors (Lipinski definition) is 1. The number of fused-ring (bicyclic) bond motifs is 1. The molecule has 0 heterocycles. The van der Waals surface area contributed by atoms with Crippen LogP contribution in [0.3, 0.4) is 0 Å². The zero-order valence-electron chi connectivity index (χ0n) is 13.6. The molecule has 2 aliphatic carbocycles. The lowest BCUT2D eigenvalue weighted by atomic mass is 9.56. The fourth-order valence-electron chi connectivity index (χ4n) is 4.58. The van der Waals surface area contributed by atoms with E-state index >= 15 is 0 Å². The summed E-state index contributed by atoms with van der Waals surface area (Å²) in [5, 5.41) is 0. The fraction of sp³-hybridized carbons (Fsp3) is 0.824. The van der Waals surface area contributed by atoms with E-state index in [1.165, 1.54) is 31.3 Å². The zero-order chi connectivity index (χ0) is 14.5. The zero-order valence-corrected chi connectivity index (χ0v) is 14.6. The van der Waals surface area contributed by atoms with Gasteiger partial charge >= 0.3 is 0 Å². The van der Waals surface area contributed by atoms with Crippen LogP contribution in [0.25, 0.3) is 0 Å². The number of rotatable bonds is 2. The predicted molar refractivity (Wildman–Crippen MR) is 84.7 cm³/mol. The van der Waals surface area contributed by atoms with Gasteiger partial charge in [-0.3, -0.25) is 0 Å². The van der Waals surface area contributed by atoms with Gasteiger partial charge in [0.25, 0.3) is 0 Å². The van der Waals surface area contributed by atoms with E-state index in [-0.39, 0.29) is 5.41 Å². The average Bonchev–Trinajstić information content (AvgIpc) is 2.60. The summed E-state index contributed by atoms with van der Waals surface area (Å²) in [7, 11) is -1.46. The van der Waals surface area contributed by atoms with Gasteiger partial charge in [0.05, 0.1) is 6.10 Å². The molecule has 2 aliphatic rings. The third kappa shape index (κ3) is 2.51. The van der Waals surface area contributed by atoms with Crippen molar-refractivity contribution in [1.82, 2.24) is 0 Å². The quantitative estimate of drug-likeness (QED) is 0.501. The van der Waals surface area contributed by atoms with Crippen LogP contribution in [0.15, 0.2) is 17.9 Å². The van der Waals surface area contributed by atoms with E-state index in [2.05, 4.69) is 52.7 Å². The SMILES string of the molecule is C=C=C1CC[C@H]2C(C)(C)[C@@H](O[Si](C)(C)C)CC[C@]12C. The summed E-state index contributed by atoms with van der Waals surface area (Å²) in [4.78, 5) is 0. The Morgan fingerprint density at radius 3 is 2.37 bits per heavy atom. The second-order valence-electron chi connectivity index (χ2n) is 8.24. The van der Waals surface area contributed by atoms with Gasteiger partial charge in [0, 0.05) is 0 Å². The molecule has 0 amide bonds. The van der Waals surface area contributed by atoms with Gasteiger partial charge in [-0.25, -0.2) is 0 Å². The summed E-state index contributed by atoms with van der Waals surface area (Å²) in [6.45, 7) is 18.1. The standard InChI is InChI=1S/C17H30OSi/c1-8-13-9-10-14-16(2,3)15(18-19(5,6)7)11-12-17(13,14)4/h14-15H,1,9-12H2,2-7H3/t14-,15-,17+/m0/s1. The van der Waals surface area contributed by atoms with E-state index in [4.69, 9.17) is 4.43 Å². The summed E-state index contributed by atoms with van der Waals surface area (Å²) in [6, 6.07) is 0. The molecule has 1 nitrogen and oxygen atoms in total. The van der Waals surface area contributed by atoms with Gasteiger partial charge in [0.1, 0.15) is 0 Å². The van der Waals surface area contributed by atoms with Gasteiger partial charge in [0.15, 0.2) is 8.32 Å². The molecule has 3 atom stereocenters. The molecule has 0 saturated heterocycles. The van der Waals surface area contributed by atoms with Gasteiger partial charge in [-0.2, -0.15) is 0 Å². The minimum atomic E-state index is -1.46. The van der Waals surface area contributed by atoms with Crippen molar-refractivity contribution in [2.24, 2.45) is 16.7 Å². The minimum absolute atomic E-state index is 0.270. The monoisotopic (exact) mass is 278 g/mol. The molecule has 0 radical (unpaired) electrons. The molecule has 0 aromatic heterocycles. The molecule has 0 aliphatic heterocycles. The maximum atomic E-state index is 6.51. The van der Waals surface area contributed by atoms with Crippen LogP contribution in [-0.2, 0) is 4.43 Å². The van der Waals surface area contributed by atoms with E-state index < -0.39 is 8.32 Å². The lowest BCUT2D eigenvalue weighted by Gasteiger charge is -2.53. The Hall–Kier alpha value is -0.303. The lowest BCUT2D eigenvalue weighted by molar-refractivity contribution is -0.0613. The van der Waals surface area contributed by atoms with Crippen LogP contribution in [0, 0.1) is 16.7 Å². The van der Waals surface area contributed by atoms with Crippen LogP contribution in [0.5, 0.6) is 0 Å². The molecule has 108 valence electrons. The van der Waals surface area contributed by atoms with Crippen molar-refractivity contribution in [2.45, 2.75) is 72.2 Å². The van der Waals surface area contributed by atoms with Crippen LogP contribution < -0.4 is 0 Å². The van der Waals surface area contributed by atoms with E-state index in [0.717, 1.165) is 5.92 Å². The summed E-state index contributed by atoms with van der Waals surface area (Å²) >= 11 is 0. The Balaban J connectivity index is 2.29. The van der Waals surface area contributed by atoms with Crippen molar-refractivity contribution in [2.75, 3.05) is 0 Å². The molecular weight excluding hydrogens is 248 g/mol. The van der Waals surface area contributed by atoms with Crippen LogP contribution in [0.1, 0.15) is 46.5 Å². The normalized spacial score (nSPS) is 37.9. The summed E-state index contributed by atoms with van der Waals surface area (Å²) in [6.07, 6.45) is 5.34. The lowest BCUT2D eigenvalue weighted by Crippen LogP contribution is -2.51. The van der Waals surface area contributed by atoms with Crippen molar-refractivity contribution in [3.63, 3.8) is 0 Å². The second-order valence-corrected chi connectivity index (χ2v) is 12.7. The molecule has 2 fully saturated rings. The predicted octanol–water partition coefficient (Wildman–Crippen LogP) is 5.15. The Kier molecular flexibility index (Phi) is 3.67. The maximum absolute atomic E-state index is 6.51. The average molecular weight is 279 g/mol.